The number of hydrogen-bond acceptors (Lipinski definition) is 3. The number of halogens is 1. The van der Waals surface area contributed by atoms with Crippen molar-refractivity contribution in [1.29, 1.82) is 0 Å². The summed E-state index contributed by atoms with van der Waals surface area (Å²) in [7, 11) is 1.49. The summed E-state index contributed by atoms with van der Waals surface area (Å²) in [6.45, 7) is 0.957. The molecule has 1 aliphatic heterocycles. The van der Waals surface area contributed by atoms with Crippen LogP contribution in [0.2, 0.25) is 0 Å². The van der Waals surface area contributed by atoms with Gasteiger partial charge in [0.2, 0.25) is 0 Å². The van der Waals surface area contributed by atoms with Crippen LogP contribution in [0.15, 0.2) is 18.2 Å². The van der Waals surface area contributed by atoms with Gasteiger partial charge in [0, 0.05) is 12.5 Å². The first kappa shape index (κ1) is 13.0. The van der Waals surface area contributed by atoms with Gasteiger partial charge in [-0.05, 0) is 37.6 Å². The van der Waals surface area contributed by atoms with E-state index in [2.05, 4.69) is 5.32 Å². The van der Waals surface area contributed by atoms with Gasteiger partial charge in [0.05, 0.1) is 12.7 Å². The van der Waals surface area contributed by atoms with E-state index in [1.54, 1.807) is 0 Å². The SMILES string of the molecule is COc1ccc(F)cc1C(=O)CC1CCCCN1. The fourth-order valence-electron chi connectivity index (χ4n) is 2.33. The van der Waals surface area contributed by atoms with E-state index in [0.29, 0.717) is 17.7 Å². The molecule has 1 aromatic carbocycles. The van der Waals surface area contributed by atoms with Crippen molar-refractivity contribution in [1.82, 2.24) is 5.32 Å². The molecule has 0 amide bonds. The molecule has 1 aliphatic rings. The first-order valence-corrected chi connectivity index (χ1v) is 6.31. The van der Waals surface area contributed by atoms with E-state index in [1.165, 1.54) is 25.3 Å². The Hall–Kier alpha value is -1.42. The van der Waals surface area contributed by atoms with Crippen LogP contribution in [0.5, 0.6) is 5.75 Å². The van der Waals surface area contributed by atoms with E-state index in [4.69, 9.17) is 4.74 Å². The van der Waals surface area contributed by atoms with Crippen molar-refractivity contribution < 1.29 is 13.9 Å². The fourth-order valence-corrected chi connectivity index (χ4v) is 2.33. The molecule has 1 atom stereocenters. The van der Waals surface area contributed by atoms with Gasteiger partial charge in [-0.25, -0.2) is 4.39 Å². The van der Waals surface area contributed by atoms with Crippen molar-refractivity contribution >= 4 is 5.78 Å². The van der Waals surface area contributed by atoms with Gasteiger partial charge in [-0.3, -0.25) is 4.79 Å². The molecule has 1 aromatic rings. The molecule has 98 valence electrons. The van der Waals surface area contributed by atoms with Gasteiger partial charge >= 0.3 is 0 Å². The summed E-state index contributed by atoms with van der Waals surface area (Å²) in [6, 6.07) is 4.26. The maximum Gasteiger partial charge on any atom is 0.168 e. The lowest BCUT2D eigenvalue weighted by Crippen LogP contribution is -2.35. The molecule has 1 fully saturated rings. The number of hydrogen-bond donors (Lipinski definition) is 1. The lowest BCUT2D eigenvalue weighted by atomic mass is 9.96. The highest BCUT2D eigenvalue weighted by Crippen LogP contribution is 2.22. The second-order valence-electron chi connectivity index (χ2n) is 4.62. The lowest BCUT2D eigenvalue weighted by molar-refractivity contribution is 0.0960. The molecule has 0 bridgehead atoms. The number of carbonyl (C=O) groups excluding carboxylic acids is 1. The number of piperidine rings is 1. The van der Waals surface area contributed by atoms with Crippen molar-refractivity contribution in [2.24, 2.45) is 0 Å². The third kappa shape index (κ3) is 3.07. The van der Waals surface area contributed by atoms with E-state index < -0.39 is 5.82 Å². The third-order valence-electron chi connectivity index (χ3n) is 3.31. The van der Waals surface area contributed by atoms with Crippen molar-refractivity contribution in [3.63, 3.8) is 0 Å². The molecule has 2 rings (SSSR count). The molecule has 0 aliphatic carbocycles. The highest BCUT2D eigenvalue weighted by atomic mass is 19.1. The summed E-state index contributed by atoms with van der Waals surface area (Å²) in [5, 5.41) is 3.32. The largest absolute Gasteiger partial charge is 0.496 e. The van der Waals surface area contributed by atoms with Gasteiger partial charge in [-0.15, -0.1) is 0 Å². The van der Waals surface area contributed by atoms with Crippen LogP contribution in [0.3, 0.4) is 0 Å². The summed E-state index contributed by atoms with van der Waals surface area (Å²) in [4.78, 5) is 12.2. The van der Waals surface area contributed by atoms with Crippen LogP contribution in [0.1, 0.15) is 36.0 Å². The van der Waals surface area contributed by atoms with E-state index in [-0.39, 0.29) is 11.8 Å². The molecule has 18 heavy (non-hydrogen) atoms. The lowest BCUT2D eigenvalue weighted by Gasteiger charge is -2.23. The van der Waals surface area contributed by atoms with E-state index >= 15 is 0 Å². The molecule has 3 nitrogen and oxygen atoms in total. The number of nitrogens with one attached hydrogen (secondary N) is 1. The highest BCUT2D eigenvalue weighted by molar-refractivity contribution is 5.99. The van der Waals surface area contributed by atoms with Crippen LogP contribution >= 0.6 is 0 Å². The first-order chi connectivity index (χ1) is 8.70. The molecule has 0 spiro atoms. The van der Waals surface area contributed by atoms with Gasteiger partial charge in [0.25, 0.3) is 0 Å². The number of carbonyl (C=O) groups is 1. The number of Topliss-reactive ketones (excluding diaryl/α,β-unsaturated/α-hetero) is 1. The summed E-state index contributed by atoms with van der Waals surface area (Å²) in [5.41, 5.74) is 0.338. The maximum atomic E-state index is 13.2. The van der Waals surface area contributed by atoms with Crippen LogP contribution < -0.4 is 10.1 Å². The van der Waals surface area contributed by atoms with E-state index in [0.717, 1.165) is 25.8 Å². The average Bonchev–Trinajstić information content (AvgIpc) is 2.40. The van der Waals surface area contributed by atoms with Crippen LogP contribution in [-0.4, -0.2) is 25.5 Å². The number of rotatable bonds is 4. The summed E-state index contributed by atoms with van der Waals surface area (Å²) >= 11 is 0. The Labute approximate surface area is 106 Å². The first-order valence-electron chi connectivity index (χ1n) is 6.31. The molecule has 4 heteroatoms. The van der Waals surface area contributed by atoms with Crippen LogP contribution in [0, 0.1) is 5.82 Å². The Bertz CT molecular complexity index is 428. The highest BCUT2D eigenvalue weighted by Gasteiger charge is 2.20. The smallest absolute Gasteiger partial charge is 0.168 e. The van der Waals surface area contributed by atoms with Gasteiger partial charge in [0.15, 0.2) is 5.78 Å². The molecule has 1 unspecified atom stereocenters. The Morgan fingerprint density at radius 1 is 1.50 bits per heavy atom. The standard InChI is InChI=1S/C14H18FNO2/c1-18-14-6-5-10(15)8-12(14)13(17)9-11-4-2-3-7-16-11/h5-6,8,11,16H,2-4,7,9H2,1H3. The van der Waals surface area contributed by atoms with Gasteiger partial charge in [-0.2, -0.15) is 0 Å². The van der Waals surface area contributed by atoms with E-state index in [1.807, 2.05) is 0 Å². The van der Waals surface area contributed by atoms with Crippen LogP contribution in [0.4, 0.5) is 4.39 Å². The molecule has 0 radical (unpaired) electrons. The van der Waals surface area contributed by atoms with Gasteiger partial charge in [0.1, 0.15) is 11.6 Å². The predicted molar refractivity (Wildman–Crippen MR) is 67.5 cm³/mol. The predicted octanol–water partition coefficient (Wildman–Crippen LogP) is 2.55. The quantitative estimate of drug-likeness (QED) is 0.836. The molecular formula is C14H18FNO2. The number of methoxy groups -OCH3 is 1. The van der Waals surface area contributed by atoms with Crippen LogP contribution in [-0.2, 0) is 0 Å². The average molecular weight is 251 g/mol. The van der Waals surface area contributed by atoms with Crippen molar-refractivity contribution in [2.75, 3.05) is 13.7 Å². The van der Waals surface area contributed by atoms with Crippen molar-refractivity contribution in [3.05, 3.63) is 29.6 Å². The fraction of sp³-hybridized carbons (Fsp3) is 0.500. The number of ketones is 1. The number of ether oxygens (including phenoxy) is 1. The zero-order valence-electron chi connectivity index (χ0n) is 10.5. The minimum Gasteiger partial charge on any atom is -0.496 e. The minimum absolute atomic E-state index is 0.0641. The Morgan fingerprint density at radius 2 is 2.33 bits per heavy atom. The van der Waals surface area contributed by atoms with Crippen molar-refractivity contribution in [3.8, 4) is 5.75 Å². The zero-order chi connectivity index (χ0) is 13.0. The monoisotopic (exact) mass is 251 g/mol. The normalized spacial score (nSPS) is 19.6. The molecule has 0 saturated carbocycles. The molecule has 1 N–H and O–H groups in total. The van der Waals surface area contributed by atoms with Crippen molar-refractivity contribution in [2.45, 2.75) is 31.7 Å². The third-order valence-corrected chi connectivity index (χ3v) is 3.31. The Morgan fingerprint density at radius 3 is 3.00 bits per heavy atom. The summed E-state index contributed by atoms with van der Waals surface area (Å²) in [6.07, 6.45) is 3.71. The van der Waals surface area contributed by atoms with Crippen LogP contribution in [0.25, 0.3) is 0 Å². The second-order valence-corrected chi connectivity index (χ2v) is 4.62. The molecule has 0 aromatic heterocycles. The van der Waals surface area contributed by atoms with Gasteiger partial charge in [-0.1, -0.05) is 6.42 Å². The minimum atomic E-state index is -0.407. The molecular weight excluding hydrogens is 233 g/mol. The Kier molecular flexibility index (Phi) is 4.31. The van der Waals surface area contributed by atoms with Gasteiger partial charge < -0.3 is 10.1 Å². The van der Waals surface area contributed by atoms with E-state index in [9.17, 15) is 9.18 Å². The summed E-state index contributed by atoms with van der Waals surface area (Å²) < 4.78 is 18.3. The zero-order valence-corrected chi connectivity index (χ0v) is 10.5. The Balaban J connectivity index is 2.09. The topological polar surface area (TPSA) is 38.3 Å². The molecule has 1 heterocycles. The summed E-state index contributed by atoms with van der Waals surface area (Å²) in [5.74, 6) is -0.0290. The molecule has 1 saturated heterocycles. The maximum absolute atomic E-state index is 13.2. The second kappa shape index (κ2) is 5.96. The number of benzene rings is 1.